The Kier molecular flexibility index (Phi) is 5.90. The highest BCUT2D eigenvalue weighted by molar-refractivity contribution is 6.09. The van der Waals surface area contributed by atoms with Gasteiger partial charge in [-0.3, -0.25) is 9.59 Å². The number of nitrogens with one attached hydrogen (secondary N) is 2. The summed E-state index contributed by atoms with van der Waals surface area (Å²) in [6.07, 6.45) is 0. The van der Waals surface area contributed by atoms with Crippen molar-refractivity contribution in [2.75, 3.05) is 32.5 Å². The fourth-order valence-corrected chi connectivity index (χ4v) is 1.64. The van der Waals surface area contributed by atoms with E-state index in [1.807, 2.05) is 50.2 Å². The van der Waals surface area contributed by atoms with Gasteiger partial charge in [-0.15, -0.1) is 0 Å². The molecule has 0 saturated heterocycles. The van der Waals surface area contributed by atoms with Crippen LogP contribution >= 0.6 is 0 Å². The van der Waals surface area contributed by atoms with Crippen LogP contribution in [0.2, 0.25) is 0 Å². The SMILES string of the molecule is Cc1ccc(NC(=O)C(C)(C)C(=O)NCCN(C)C)cc1. The van der Waals surface area contributed by atoms with Crippen LogP contribution in [0.15, 0.2) is 24.3 Å². The van der Waals surface area contributed by atoms with E-state index in [0.29, 0.717) is 12.2 Å². The molecule has 2 amide bonds. The van der Waals surface area contributed by atoms with Crippen LogP contribution in [0.25, 0.3) is 0 Å². The lowest BCUT2D eigenvalue weighted by atomic mass is 9.91. The smallest absolute Gasteiger partial charge is 0.239 e. The molecule has 21 heavy (non-hydrogen) atoms. The van der Waals surface area contributed by atoms with Crippen LogP contribution in [-0.4, -0.2) is 43.9 Å². The maximum Gasteiger partial charge on any atom is 0.239 e. The standard InChI is InChI=1S/C16H25N3O2/c1-12-6-8-13(9-7-12)18-15(21)16(2,3)14(20)17-10-11-19(4)5/h6-9H,10-11H2,1-5H3,(H,17,20)(H,18,21). The number of likely N-dealkylation sites (N-methyl/N-ethyl adjacent to an activating group) is 1. The summed E-state index contributed by atoms with van der Waals surface area (Å²) >= 11 is 0. The van der Waals surface area contributed by atoms with Gasteiger partial charge in [0.25, 0.3) is 0 Å². The minimum Gasteiger partial charge on any atom is -0.354 e. The zero-order chi connectivity index (χ0) is 16.0. The van der Waals surface area contributed by atoms with Gasteiger partial charge in [-0.1, -0.05) is 17.7 Å². The van der Waals surface area contributed by atoms with Gasteiger partial charge in [0.2, 0.25) is 11.8 Å². The normalized spacial score (nSPS) is 11.3. The van der Waals surface area contributed by atoms with Crippen molar-refractivity contribution in [2.24, 2.45) is 5.41 Å². The molecule has 0 unspecified atom stereocenters. The number of carbonyl (C=O) groups excluding carboxylic acids is 2. The Morgan fingerprint density at radius 1 is 1.10 bits per heavy atom. The van der Waals surface area contributed by atoms with Gasteiger partial charge in [0.05, 0.1) is 0 Å². The number of carbonyl (C=O) groups is 2. The molecule has 1 aromatic carbocycles. The summed E-state index contributed by atoms with van der Waals surface area (Å²) in [6, 6.07) is 7.49. The topological polar surface area (TPSA) is 61.4 Å². The molecule has 5 nitrogen and oxygen atoms in total. The van der Waals surface area contributed by atoms with Crippen molar-refractivity contribution < 1.29 is 9.59 Å². The van der Waals surface area contributed by atoms with Crippen molar-refractivity contribution in [3.05, 3.63) is 29.8 Å². The zero-order valence-electron chi connectivity index (χ0n) is 13.5. The lowest BCUT2D eigenvalue weighted by molar-refractivity contribution is -0.138. The van der Waals surface area contributed by atoms with E-state index in [-0.39, 0.29) is 11.8 Å². The van der Waals surface area contributed by atoms with Gasteiger partial charge in [-0.25, -0.2) is 0 Å². The number of hydrogen-bond donors (Lipinski definition) is 2. The average molecular weight is 291 g/mol. The number of hydrogen-bond acceptors (Lipinski definition) is 3. The predicted molar refractivity (Wildman–Crippen MR) is 85.2 cm³/mol. The Morgan fingerprint density at radius 2 is 1.67 bits per heavy atom. The van der Waals surface area contributed by atoms with E-state index in [2.05, 4.69) is 10.6 Å². The Balaban J connectivity index is 2.61. The molecule has 0 fully saturated rings. The first-order chi connectivity index (χ1) is 9.73. The highest BCUT2D eigenvalue weighted by Crippen LogP contribution is 2.19. The molecule has 116 valence electrons. The molecule has 0 aliphatic carbocycles. The molecular formula is C16H25N3O2. The number of nitrogens with zero attached hydrogens (tertiary/aromatic N) is 1. The molecular weight excluding hydrogens is 266 g/mol. The number of aryl methyl sites for hydroxylation is 1. The van der Waals surface area contributed by atoms with Crippen molar-refractivity contribution in [1.82, 2.24) is 10.2 Å². The van der Waals surface area contributed by atoms with Crippen LogP contribution in [0.1, 0.15) is 19.4 Å². The molecule has 0 atom stereocenters. The fourth-order valence-electron chi connectivity index (χ4n) is 1.64. The summed E-state index contributed by atoms with van der Waals surface area (Å²) in [6.45, 7) is 6.49. The molecule has 2 N–H and O–H groups in total. The molecule has 0 saturated carbocycles. The van der Waals surface area contributed by atoms with Crippen LogP contribution in [0.5, 0.6) is 0 Å². The van der Waals surface area contributed by atoms with Crippen molar-refractivity contribution in [1.29, 1.82) is 0 Å². The summed E-state index contributed by atoms with van der Waals surface area (Å²) < 4.78 is 0. The van der Waals surface area contributed by atoms with Crippen molar-refractivity contribution >= 4 is 17.5 Å². The van der Waals surface area contributed by atoms with Gasteiger partial charge in [-0.2, -0.15) is 0 Å². The monoisotopic (exact) mass is 291 g/mol. The quantitative estimate of drug-likeness (QED) is 0.783. The number of benzene rings is 1. The average Bonchev–Trinajstić information content (AvgIpc) is 2.40. The van der Waals surface area contributed by atoms with E-state index in [1.165, 1.54) is 0 Å². The molecule has 0 spiro atoms. The summed E-state index contributed by atoms with van der Waals surface area (Å²) in [7, 11) is 3.86. The lowest BCUT2D eigenvalue weighted by Crippen LogP contribution is -2.46. The van der Waals surface area contributed by atoms with Gasteiger partial charge in [0, 0.05) is 18.8 Å². The van der Waals surface area contributed by atoms with E-state index >= 15 is 0 Å². The number of rotatable bonds is 6. The summed E-state index contributed by atoms with van der Waals surface area (Å²) in [5, 5.41) is 5.57. The van der Waals surface area contributed by atoms with Crippen LogP contribution in [0.4, 0.5) is 5.69 Å². The Morgan fingerprint density at radius 3 is 2.19 bits per heavy atom. The van der Waals surface area contributed by atoms with E-state index in [1.54, 1.807) is 13.8 Å². The maximum atomic E-state index is 12.3. The highest BCUT2D eigenvalue weighted by Gasteiger charge is 2.35. The second kappa shape index (κ2) is 7.22. The van der Waals surface area contributed by atoms with Crippen LogP contribution in [-0.2, 0) is 9.59 Å². The molecule has 1 aromatic rings. The highest BCUT2D eigenvalue weighted by atomic mass is 16.2. The van der Waals surface area contributed by atoms with Gasteiger partial charge in [0.15, 0.2) is 0 Å². The minimum atomic E-state index is -1.11. The molecule has 0 bridgehead atoms. The van der Waals surface area contributed by atoms with E-state index < -0.39 is 5.41 Å². The van der Waals surface area contributed by atoms with Crippen LogP contribution in [0.3, 0.4) is 0 Å². The van der Waals surface area contributed by atoms with Crippen LogP contribution in [0, 0.1) is 12.3 Å². The van der Waals surface area contributed by atoms with Crippen molar-refractivity contribution in [2.45, 2.75) is 20.8 Å². The zero-order valence-corrected chi connectivity index (χ0v) is 13.5. The van der Waals surface area contributed by atoms with Crippen molar-refractivity contribution in [3.8, 4) is 0 Å². The van der Waals surface area contributed by atoms with Gasteiger partial charge in [-0.05, 0) is 47.0 Å². The second-order valence-electron chi connectivity index (χ2n) is 6.00. The molecule has 0 radical (unpaired) electrons. The molecule has 0 aromatic heterocycles. The molecule has 5 heteroatoms. The molecule has 0 heterocycles. The van der Waals surface area contributed by atoms with Gasteiger partial charge < -0.3 is 15.5 Å². The Hall–Kier alpha value is -1.88. The second-order valence-corrected chi connectivity index (χ2v) is 6.00. The fraction of sp³-hybridized carbons (Fsp3) is 0.500. The molecule has 0 aliphatic rings. The lowest BCUT2D eigenvalue weighted by Gasteiger charge is -2.23. The maximum absolute atomic E-state index is 12.3. The predicted octanol–water partition coefficient (Wildman–Crippen LogP) is 1.64. The Labute approximate surface area is 126 Å². The van der Waals surface area contributed by atoms with Crippen molar-refractivity contribution in [3.63, 3.8) is 0 Å². The summed E-state index contributed by atoms with van der Waals surface area (Å²) in [4.78, 5) is 26.4. The number of anilines is 1. The summed E-state index contributed by atoms with van der Waals surface area (Å²) in [5.74, 6) is -0.581. The largest absolute Gasteiger partial charge is 0.354 e. The molecule has 0 aliphatic heterocycles. The first-order valence-corrected chi connectivity index (χ1v) is 7.04. The Bertz CT molecular complexity index is 493. The minimum absolute atomic E-state index is 0.269. The summed E-state index contributed by atoms with van der Waals surface area (Å²) in [5.41, 5.74) is 0.699. The first-order valence-electron chi connectivity index (χ1n) is 7.04. The number of amides is 2. The third-order valence-corrected chi connectivity index (χ3v) is 3.29. The third kappa shape index (κ3) is 5.19. The van der Waals surface area contributed by atoms with E-state index in [4.69, 9.17) is 0 Å². The first kappa shape index (κ1) is 17.2. The van der Waals surface area contributed by atoms with Crippen LogP contribution < -0.4 is 10.6 Å². The van der Waals surface area contributed by atoms with Gasteiger partial charge >= 0.3 is 0 Å². The third-order valence-electron chi connectivity index (χ3n) is 3.29. The van der Waals surface area contributed by atoms with Gasteiger partial charge in [0.1, 0.15) is 5.41 Å². The van der Waals surface area contributed by atoms with E-state index in [9.17, 15) is 9.59 Å². The molecule has 1 rings (SSSR count). The van der Waals surface area contributed by atoms with E-state index in [0.717, 1.165) is 12.1 Å².